The predicted octanol–water partition coefficient (Wildman–Crippen LogP) is 5.28. The van der Waals surface area contributed by atoms with Gasteiger partial charge in [-0.25, -0.2) is 4.79 Å². The molecule has 1 N–H and O–H groups in total. The molecule has 0 amide bonds. The molecule has 1 saturated heterocycles. The van der Waals surface area contributed by atoms with Gasteiger partial charge in [0, 0.05) is 28.9 Å². The van der Waals surface area contributed by atoms with Gasteiger partial charge < -0.3 is 10.0 Å². The van der Waals surface area contributed by atoms with Gasteiger partial charge in [0.25, 0.3) is 0 Å². The lowest BCUT2D eigenvalue weighted by Gasteiger charge is -2.29. The summed E-state index contributed by atoms with van der Waals surface area (Å²) < 4.78 is 0. The van der Waals surface area contributed by atoms with Crippen LogP contribution in [0.5, 0.6) is 0 Å². The molecule has 2 aromatic rings. The zero-order valence-electron chi connectivity index (χ0n) is 16.1. The minimum absolute atomic E-state index is 0. The van der Waals surface area contributed by atoms with Gasteiger partial charge in [-0.2, -0.15) is 0 Å². The minimum Gasteiger partial charge on any atom is -0.478 e. The first-order chi connectivity index (χ1) is 13.2. The number of rotatable bonds is 3. The highest BCUT2D eigenvalue weighted by Crippen LogP contribution is 2.41. The molecule has 2 aliphatic rings. The van der Waals surface area contributed by atoms with Crippen LogP contribution in [0.2, 0.25) is 0 Å². The number of carboxylic acids is 1. The molecule has 0 spiro atoms. The van der Waals surface area contributed by atoms with Crippen molar-refractivity contribution in [1.29, 1.82) is 0 Å². The summed E-state index contributed by atoms with van der Waals surface area (Å²) in [5.74, 6) is -0.894. The Hall–Kier alpha value is -1.88. The van der Waals surface area contributed by atoms with Crippen molar-refractivity contribution in [3.05, 3.63) is 68.4 Å². The van der Waals surface area contributed by atoms with Gasteiger partial charge in [0.05, 0.1) is 0 Å². The molecule has 1 fully saturated rings. The molecule has 3 nitrogen and oxygen atoms in total. The number of hydrogen-bond donors (Lipinski definition) is 1. The van der Waals surface area contributed by atoms with Crippen LogP contribution in [0.15, 0.2) is 42.0 Å². The van der Waals surface area contributed by atoms with E-state index in [1.807, 2.05) is 0 Å². The molecule has 5 heteroatoms. The molecule has 0 atom stereocenters. The number of likely N-dealkylation sites (tertiary alicyclic amines) is 1. The number of thiophene rings is 1. The maximum atomic E-state index is 10.9. The fraction of sp³-hybridized carbons (Fsp3) is 0.348. The second kappa shape index (κ2) is 9.08. The molecule has 1 aliphatic heterocycles. The second-order valence-corrected chi connectivity index (χ2v) is 8.40. The molecule has 0 radical (unpaired) electrons. The molecule has 28 heavy (non-hydrogen) atoms. The Morgan fingerprint density at radius 1 is 1.14 bits per heavy atom. The van der Waals surface area contributed by atoms with Gasteiger partial charge in [-0.1, -0.05) is 36.8 Å². The van der Waals surface area contributed by atoms with Crippen molar-refractivity contribution in [3.8, 4) is 0 Å². The topological polar surface area (TPSA) is 40.5 Å². The van der Waals surface area contributed by atoms with Gasteiger partial charge in [-0.15, -0.1) is 23.7 Å². The Labute approximate surface area is 176 Å². The minimum atomic E-state index is -0.894. The summed E-state index contributed by atoms with van der Waals surface area (Å²) in [6, 6.07) is 11.0. The van der Waals surface area contributed by atoms with Crippen molar-refractivity contribution in [1.82, 2.24) is 4.90 Å². The molecule has 0 saturated carbocycles. The average Bonchev–Trinajstić information content (AvgIpc) is 3.02. The number of benzene rings is 1. The Morgan fingerprint density at radius 3 is 2.61 bits per heavy atom. The number of aryl methyl sites for hydroxylation is 2. The van der Waals surface area contributed by atoms with Crippen molar-refractivity contribution < 1.29 is 9.90 Å². The normalized spacial score (nSPS) is 17.0. The Balaban J connectivity index is 0.00000225. The van der Waals surface area contributed by atoms with Crippen molar-refractivity contribution in [2.45, 2.75) is 32.6 Å². The molecule has 0 bridgehead atoms. The third kappa shape index (κ3) is 4.24. The monoisotopic (exact) mass is 415 g/mol. The Bertz CT molecular complexity index is 918. The van der Waals surface area contributed by atoms with E-state index in [9.17, 15) is 4.79 Å². The molecule has 4 rings (SSSR count). The second-order valence-electron chi connectivity index (χ2n) is 7.23. The standard InChI is InChI=1S/C23H25NO2S.ClH/c1-2-24-13-11-17(12-14-24)23-19-6-4-3-5-16(19)7-9-21-20(23)15-18(27-21)8-10-22(25)26;/h3-6,8,10,15H,2,7,9,11-14H2,1H3,(H,25,26);1H/b10-8+;. The first kappa shape index (κ1) is 20.8. The van der Waals surface area contributed by atoms with E-state index in [-0.39, 0.29) is 12.4 Å². The molecule has 0 unspecified atom stereocenters. The summed E-state index contributed by atoms with van der Waals surface area (Å²) in [7, 11) is 0. The maximum Gasteiger partial charge on any atom is 0.328 e. The van der Waals surface area contributed by atoms with Crippen molar-refractivity contribution in [3.63, 3.8) is 0 Å². The quantitative estimate of drug-likeness (QED) is 0.693. The summed E-state index contributed by atoms with van der Waals surface area (Å²) in [6.07, 6.45) is 7.28. The fourth-order valence-corrected chi connectivity index (χ4v) is 5.30. The summed E-state index contributed by atoms with van der Waals surface area (Å²) in [4.78, 5) is 15.8. The van der Waals surface area contributed by atoms with E-state index >= 15 is 0 Å². The van der Waals surface area contributed by atoms with Crippen molar-refractivity contribution in [2.75, 3.05) is 19.6 Å². The number of fused-ring (bicyclic) bond motifs is 2. The van der Waals surface area contributed by atoms with E-state index in [2.05, 4.69) is 42.2 Å². The third-order valence-electron chi connectivity index (χ3n) is 5.66. The van der Waals surface area contributed by atoms with Crippen LogP contribution < -0.4 is 0 Å². The molecular weight excluding hydrogens is 390 g/mol. The van der Waals surface area contributed by atoms with E-state index in [0.29, 0.717) is 0 Å². The van der Waals surface area contributed by atoms with Crippen LogP contribution in [-0.4, -0.2) is 35.6 Å². The number of halogens is 1. The fourth-order valence-electron chi connectivity index (χ4n) is 4.23. The maximum absolute atomic E-state index is 10.9. The molecule has 1 aromatic heterocycles. The van der Waals surface area contributed by atoms with E-state index in [0.717, 1.165) is 50.2 Å². The smallest absolute Gasteiger partial charge is 0.328 e. The summed E-state index contributed by atoms with van der Waals surface area (Å²) >= 11 is 1.74. The van der Waals surface area contributed by atoms with Gasteiger partial charge in [0.1, 0.15) is 0 Å². The van der Waals surface area contributed by atoms with E-state index in [4.69, 9.17) is 5.11 Å². The number of hydrogen-bond acceptors (Lipinski definition) is 3. The van der Waals surface area contributed by atoms with Crippen molar-refractivity contribution >= 4 is 41.4 Å². The van der Waals surface area contributed by atoms with Gasteiger partial charge in [-0.05, 0) is 66.6 Å². The largest absolute Gasteiger partial charge is 0.478 e. The van der Waals surface area contributed by atoms with Gasteiger partial charge in [-0.3, -0.25) is 0 Å². The predicted molar refractivity (Wildman–Crippen MR) is 119 cm³/mol. The zero-order chi connectivity index (χ0) is 18.8. The number of aliphatic carboxylic acids is 1. The van der Waals surface area contributed by atoms with Crippen LogP contribution in [0.3, 0.4) is 0 Å². The first-order valence-corrected chi connectivity index (χ1v) is 10.5. The Kier molecular flexibility index (Phi) is 6.76. The van der Waals surface area contributed by atoms with E-state index in [1.165, 1.54) is 33.2 Å². The number of piperidine rings is 1. The SMILES string of the molecule is CCN1CCC(=C2c3ccccc3CCc3sc(/C=C/C(=O)O)cc32)CC1.Cl. The van der Waals surface area contributed by atoms with E-state index in [1.54, 1.807) is 23.0 Å². The lowest BCUT2D eigenvalue weighted by Crippen LogP contribution is -2.30. The highest BCUT2D eigenvalue weighted by molar-refractivity contribution is 7.13. The lowest BCUT2D eigenvalue weighted by atomic mass is 9.87. The Morgan fingerprint density at radius 2 is 1.89 bits per heavy atom. The molecule has 1 aliphatic carbocycles. The summed E-state index contributed by atoms with van der Waals surface area (Å²) in [5, 5.41) is 8.96. The number of carboxylic acid groups (broad SMARTS) is 1. The molecular formula is C23H26ClNO2S. The van der Waals surface area contributed by atoms with E-state index < -0.39 is 5.97 Å². The van der Waals surface area contributed by atoms with Gasteiger partial charge >= 0.3 is 5.97 Å². The lowest BCUT2D eigenvalue weighted by molar-refractivity contribution is -0.131. The molecule has 148 valence electrons. The number of nitrogens with zero attached hydrogens (tertiary/aromatic N) is 1. The molecule has 2 heterocycles. The van der Waals surface area contributed by atoms with Gasteiger partial charge in [0.2, 0.25) is 0 Å². The van der Waals surface area contributed by atoms with Crippen molar-refractivity contribution in [2.24, 2.45) is 0 Å². The van der Waals surface area contributed by atoms with Crippen LogP contribution in [0.1, 0.15) is 46.2 Å². The van der Waals surface area contributed by atoms with Crippen LogP contribution in [0.25, 0.3) is 11.6 Å². The first-order valence-electron chi connectivity index (χ1n) is 9.72. The van der Waals surface area contributed by atoms with Gasteiger partial charge in [0.15, 0.2) is 0 Å². The third-order valence-corrected chi connectivity index (χ3v) is 6.82. The average molecular weight is 416 g/mol. The van der Waals surface area contributed by atoms with Crippen LogP contribution in [0, 0.1) is 0 Å². The molecule has 1 aromatic carbocycles. The van der Waals surface area contributed by atoms with Crippen LogP contribution in [-0.2, 0) is 17.6 Å². The van der Waals surface area contributed by atoms with Crippen LogP contribution >= 0.6 is 23.7 Å². The summed E-state index contributed by atoms with van der Waals surface area (Å²) in [5.41, 5.74) is 7.11. The zero-order valence-corrected chi connectivity index (χ0v) is 17.7. The highest BCUT2D eigenvalue weighted by atomic mass is 35.5. The van der Waals surface area contributed by atoms with Crippen LogP contribution in [0.4, 0.5) is 0 Å². The number of carbonyl (C=O) groups is 1. The summed E-state index contributed by atoms with van der Waals surface area (Å²) in [6.45, 7) is 5.61. The highest BCUT2D eigenvalue weighted by Gasteiger charge is 2.25.